The van der Waals surface area contributed by atoms with E-state index in [1.807, 2.05) is 6.07 Å². The average molecular weight is 318 g/mol. The van der Waals surface area contributed by atoms with Crippen molar-refractivity contribution in [2.45, 2.75) is 35.9 Å². The molecule has 1 unspecified atom stereocenters. The van der Waals surface area contributed by atoms with Gasteiger partial charge in [-0.3, -0.25) is 0 Å². The number of hydrogen-bond acceptors (Lipinski definition) is 9. The van der Waals surface area contributed by atoms with Gasteiger partial charge in [0.05, 0.1) is 5.69 Å². The lowest BCUT2D eigenvalue weighted by Crippen LogP contribution is -2.57. The van der Waals surface area contributed by atoms with Gasteiger partial charge in [0.2, 0.25) is 11.5 Å². The molecule has 1 saturated heterocycles. The highest BCUT2D eigenvalue weighted by Gasteiger charge is 2.87. The number of nitriles is 1. The van der Waals surface area contributed by atoms with Gasteiger partial charge in [-0.05, 0) is 19.1 Å². The Kier molecular flexibility index (Phi) is 2.29. The number of aliphatic hydroxyl groups is 3. The first kappa shape index (κ1) is 14.2. The van der Waals surface area contributed by atoms with Crippen molar-refractivity contribution in [1.82, 2.24) is 14.6 Å². The molecule has 5 atom stereocenters. The van der Waals surface area contributed by atoms with Crippen LogP contribution in [-0.4, -0.2) is 53.3 Å². The van der Waals surface area contributed by atoms with Crippen LogP contribution in [0, 0.1) is 11.3 Å². The molecule has 0 radical (unpaired) electrons. The quantitative estimate of drug-likeness (QED) is 0.393. The minimum atomic E-state index is -2.08. The molecule has 0 spiro atoms. The number of ether oxygens (including phenoxy) is 1. The summed E-state index contributed by atoms with van der Waals surface area (Å²) in [6.07, 6.45) is -2.34. The molecule has 1 saturated carbocycles. The molecule has 10 heteroatoms. The fourth-order valence-corrected chi connectivity index (χ4v) is 3.44. The molecule has 2 aromatic rings. The molecule has 2 aromatic heterocycles. The van der Waals surface area contributed by atoms with Gasteiger partial charge >= 0.3 is 0 Å². The number of nitrogen functional groups attached to an aromatic ring is 2. The van der Waals surface area contributed by atoms with Crippen molar-refractivity contribution in [3.8, 4) is 6.07 Å². The van der Waals surface area contributed by atoms with Crippen molar-refractivity contribution in [2.75, 3.05) is 11.5 Å². The first-order chi connectivity index (χ1) is 10.7. The van der Waals surface area contributed by atoms with Gasteiger partial charge in [-0.2, -0.15) is 10.2 Å². The summed E-state index contributed by atoms with van der Waals surface area (Å²) < 4.78 is 6.81. The molecule has 1 aliphatic carbocycles. The zero-order chi connectivity index (χ0) is 16.8. The van der Waals surface area contributed by atoms with Crippen molar-refractivity contribution in [2.24, 2.45) is 0 Å². The predicted molar refractivity (Wildman–Crippen MR) is 75.6 cm³/mol. The standard InChI is InChI=1S/C13H14N6O4/c1-11(21)12(4-14,23-8-7(20)13(8,11)22)6-3-2-5-9(15)17-10(16)18-19(5)6/h2-3,7-8,20-22H,1H3,(H4,15,16,17,18)/t7?,8-,11+,12+,13-/m1/s1. The number of aliphatic hydroxyl groups excluding tert-OH is 1. The maximum absolute atomic E-state index is 10.8. The Bertz CT molecular complexity index is 888. The minimum Gasteiger partial charge on any atom is -0.387 e. The molecule has 2 aliphatic rings. The van der Waals surface area contributed by atoms with E-state index in [-0.39, 0.29) is 17.5 Å². The first-order valence-electron chi connectivity index (χ1n) is 6.84. The average Bonchev–Trinajstić information content (AvgIpc) is 2.81. The Morgan fingerprint density at radius 1 is 1.39 bits per heavy atom. The Labute approximate surface area is 129 Å². The maximum Gasteiger partial charge on any atom is 0.240 e. The van der Waals surface area contributed by atoms with Crippen LogP contribution in [0.3, 0.4) is 0 Å². The fraction of sp³-hybridized carbons (Fsp3) is 0.462. The van der Waals surface area contributed by atoms with Gasteiger partial charge in [0.15, 0.2) is 11.4 Å². The molecule has 2 fully saturated rings. The van der Waals surface area contributed by atoms with E-state index in [0.29, 0.717) is 5.52 Å². The maximum atomic E-state index is 10.8. The zero-order valence-electron chi connectivity index (χ0n) is 12.0. The molecule has 10 nitrogen and oxygen atoms in total. The molecule has 0 amide bonds. The summed E-state index contributed by atoms with van der Waals surface area (Å²) in [6.45, 7) is 1.24. The molecule has 7 N–H and O–H groups in total. The van der Waals surface area contributed by atoms with Crippen LogP contribution in [0.4, 0.5) is 11.8 Å². The number of anilines is 2. The van der Waals surface area contributed by atoms with Crippen molar-refractivity contribution < 1.29 is 20.1 Å². The third-order valence-corrected chi connectivity index (χ3v) is 4.90. The number of rotatable bonds is 1. The third kappa shape index (κ3) is 1.28. The van der Waals surface area contributed by atoms with Crippen molar-refractivity contribution in [1.29, 1.82) is 5.26 Å². The van der Waals surface area contributed by atoms with Gasteiger partial charge < -0.3 is 31.5 Å². The number of hydrogen-bond donors (Lipinski definition) is 5. The van der Waals surface area contributed by atoms with Crippen LogP contribution in [0.5, 0.6) is 0 Å². The van der Waals surface area contributed by atoms with E-state index in [4.69, 9.17) is 16.2 Å². The highest BCUT2D eigenvalue weighted by Crippen LogP contribution is 2.63. The Morgan fingerprint density at radius 3 is 2.65 bits per heavy atom. The van der Waals surface area contributed by atoms with Crippen molar-refractivity contribution in [3.63, 3.8) is 0 Å². The molecule has 23 heavy (non-hydrogen) atoms. The molecule has 120 valence electrons. The van der Waals surface area contributed by atoms with Crippen LogP contribution in [0.1, 0.15) is 12.6 Å². The second-order valence-corrected chi connectivity index (χ2v) is 6.04. The SMILES string of the molecule is C[C@]1(O)[C@](C#N)(c2ccc3c(N)nc(N)nn23)O[C@@H]2C(O)[C@@]21O. The van der Waals surface area contributed by atoms with Gasteiger partial charge in [-0.25, -0.2) is 4.52 Å². The largest absolute Gasteiger partial charge is 0.387 e. The van der Waals surface area contributed by atoms with Gasteiger partial charge in [0, 0.05) is 0 Å². The first-order valence-corrected chi connectivity index (χ1v) is 6.84. The predicted octanol–water partition coefficient (Wildman–Crippen LogP) is -2.13. The van der Waals surface area contributed by atoms with Crippen LogP contribution in [0.2, 0.25) is 0 Å². The molecule has 4 rings (SSSR count). The monoisotopic (exact) mass is 318 g/mol. The number of aromatic nitrogens is 3. The van der Waals surface area contributed by atoms with E-state index >= 15 is 0 Å². The normalized spacial score (nSPS) is 41.7. The van der Waals surface area contributed by atoms with Crippen LogP contribution < -0.4 is 11.5 Å². The lowest BCUT2D eigenvalue weighted by atomic mass is 9.78. The summed E-state index contributed by atoms with van der Waals surface area (Å²) in [6, 6.07) is 4.93. The molecule has 0 aromatic carbocycles. The second kappa shape index (κ2) is 3.72. The molecular weight excluding hydrogens is 304 g/mol. The van der Waals surface area contributed by atoms with E-state index < -0.39 is 29.0 Å². The molecule has 0 bridgehead atoms. The molecule has 1 aliphatic heterocycles. The Hall–Kier alpha value is -2.45. The highest BCUT2D eigenvalue weighted by atomic mass is 16.6. The van der Waals surface area contributed by atoms with Gasteiger partial charge in [0.1, 0.15) is 29.4 Å². The van der Waals surface area contributed by atoms with E-state index in [2.05, 4.69) is 10.1 Å². The van der Waals surface area contributed by atoms with Gasteiger partial charge in [-0.15, -0.1) is 5.10 Å². The molecule has 3 heterocycles. The smallest absolute Gasteiger partial charge is 0.240 e. The van der Waals surface area contributed by atoms with Crippen LogP contribution in [0.15, 0.2) is 12.1 Å². The zero-order valence-corrected chi connectivity index (χ0v) is 12.0. The summed E-state index contributed by atoms with van der Waals surface area (Å²) in [5.74, 6) is -0.0273. The van der Waals surface area contributed by atoms with Crippen LogP contribution >= 0.6 is 0 Å². The second-order valence-electron chi connectivity index (χ2n) is 6.04. The summed E-state index contributed by atoms with van der Waals surface area (Å²) in [4.78, 5) is 3.82. The summed E-state index contributed by atoms with van der Waals surface area (Å²) in [5, 5.41) is 44.7. The lowest BCUT2D eigenvalue weighted by molar-refractivity contribution is -0.168. The summed E-state index contributed by atoms with van der Waals surface area (Å²) >= 11 is 0. The van der Waals surface area contributed by atoms with Crippen molar-refractivity contribution in [3.05, 3.63) is 17.8 Å². The topological polar surface area (TPSA) is 176 Å². The summed E-state index contributed by atoms with van der Waals surface area (Å²) in [7, 11) is 0. The number of nitrogens with two attached hydrogens (primary N) is 2. The number of nitrogens with zero attached hydrogens (tertiary/aromatic N) is 4. The highest BCUT2D eigenvalue weighted by molar-refractivity contribution is 5.67. The van der Waals surface area contributed by atoms with Crippen LogP contribution in [0.25, 0.3) is 5.52 Å². The Balaban J connectivity index is 1.99. The summed E-state index contributed by atoms with van der Waals surface area (Å²) in [5.41, 5.74) is 5.90. The van der Waals surface area contributed by atoms with E-state index in [1.54, 1.807) is 6.07 Å². The van der Waals surface area contributed by atoms with E-state index in [9.17, 15) is 20.6 Å². The third-order valence-electron chi connectivity index (χ3n) is 4.90. The van der Waals surface area contributed by atoms with E-state index in [0.717, 1.165) is 0 Å². The van der Waals surface area contributed by atoms with Crippen molar-refractivity contribution >= 4 is 17.3 Å². The lowest BCUT2D eigenvalue weighted by Gasteiger charge is -2.37. The number of fused-ring (bicyclic) bond motifs is 2. The van der Waals surface area contributed by atoms with E-state index in [1.165, 1.54) is 17.5 Å². The van der Waals surface area contributed by atoms with Gasteiger partial charge in [-0.1, -0.05) is 0 Å². The molecular formula is C13H14N6O4. The Morgan fingerprint density at radius 2 is 2.09 bits per heavy atom. The fourth-order valence-electron chi connectivity index (χ4n) is 3.44. The minimum absolute atomic E-state index is 0.0957. The van der Waals surface area contributed by atoms with Gasteiger partial charge in [0.25, 0.3) is 0 Å². The van der Waals surface area contributed by atoms with Crippen LogP contribution in [-0.2, 0) is 10.3 Å².